The van der Waals surface area contributed by atoms with Crippen LogP contribution in [0.3, 0.4) is 0 Å². The maximum absolute atomic E-state index is 12.4. The molecule has 3 rings (SSSR count). The van der Waals surface area contributed by atoms with Crippen LogP contribution in [0.25, 0.3) is 21.7 Å². The smallest absolute Gasteiger partial charge is 0.422 e. The van der Waals surface area contributed by atoms with Gasteiger partial charge in [0.25, 0.3) is 0 Å². The second-order valence-corrected chi connectivity index (χ2v) is 6.11. The summed E-state index contributed by atoms with van der Waals surface area (Å²) in [6.07, 6.45) is 0. The molecule has 0 saturated carbocycles. The van der Waals surface area contributed by atoms with Crippen LogP contribution in [0.2, 0.25) is 0 Å². The fraction of sp³-hybridized carbons (Fsp3) is 0.0714. The van der Waals surface area contributed by atoms with E-state index in [2.05, 4.69) is 4.18 Å². The Hall–Kier alpha value is -2.55. The average molecular weight is 344 g/mol. The highest BCUT2D eigenvalue weighted by Gasteiger charge is 2.48. The maximum Gasteiger partial charge on any atom is 0.534 e. The standard InChI is InChI=1S/C14H7F3O5S/c15-14(16,17)23(19,20)22-8-5-6-12-11(7-8)9-3-1-2-4-10(9)13(18)21-12/h1-7H. The Morgan fingerprint density at radius 1 is 0.957 bits per heavy atom. The fourth-order valence-corrected chi connectivity index (χ4v) is 2.54. The summed E-state index contributed by atoms with van der Waals surface area (Å²) in [5.41, 5.74) is -6.04. The molecule has 1 aromatic heterocycles. The minimum absolute atomic E-state index is 0.102. The van der Waals surface area contributed by atoms with Crippen molar-refractivity contribution in [2.24, 2.45) is 0 Å². The van der Waals surface area contributed by atoms with Crippen LogP contribution in [0.5, 0.6) is 5.75 Å². The van der Waals surface area contributed by atoms with Crippen molar-refractivity contribution in [1.82, 2.24) is 0 Å². The topological polar surface area (TPSA) is 73.6 Å². The van der Waals surface area contributed by atoms with Crippen LogP contribution >= 0.6 is 0 Å². The highest BCUT2D eigenvalue weighted by Crippen LogP contribution is 2.30. The van der Waals surface area contributed by atoms with Crippen molar-refractivity contribution >= 4 is 31.9 Å². The lowest BCUT2D eigenvalue weighted by Crippen LogP contribution is -2.28. The number of alkyl halides is 3. The predicted octanol–water partition coefficient (Wildman–Crippen LogP) is 3.17. The molecule has 9 heteroatoms. The van der Waals surface area contributed by atoms with Gasteiger partial charge in [0.15, 0.2) is 0 Å². The van der Waals surface area contributed by atoms with Crippen molar-refractivity contribution < 1.29 is 30.2 Å². The Morgan fingerprint density at radius 3 is 2.26 bits per heavy atom. The largest absolute Gasteiger partial charge is 0.534 e. The summed E-state index contributed by atoms with van der Waals surface area (Å²) in [5.74, 6) is -0.533. The zero-order valence-corrected chi connectivity index (χ0v) is 11.9. The molecule has 0 fully saturated rings. The van der Waals surface area contributed by atoms with E-state index in [1.165, 1.54) is 12.1 Å². The van der Waals surface area contributed by atoms with Gasteiger partial charge in [-0.3, -0.25) is 0 Å². The van der Waals surface area contributed by atoms with Gasteiger partial charge < -0.3 is 8.60 Å². The molecule has 120 valence electrons. The Balaban J connectivity index is 2.22. The van der Waals surface area contributed by atoms with Crippen molar-refractivity contribution in [2.45, 2.75) is 5.51 Å². The first kappa shape index (κ1) is 15.3. The van der Waals surface area contributed by atoms with Gasteiger partial charge in [-0.1, -0.05) is 18.2 Å². The SMILES string of the molecule is O=c1oc2ccc(OS(=O)(=O)C(F)(F)F)cc2c2ccccc12. The highest BCUT2D eigenvalue weighted by atomic mass is 32.2. The van der Waals surface area contributed by atoms with Crippen LogP contribution < -0.4 is 9.81 Å². The molecule has 0 amide bonds. The first-order valence-corrected chi connectivity index (χ1v) is 7.56. The van der Waals surface area contributed by atoms with Crippen molar-refractivity contribution in [3.8, 4) is 5.75 Å². The molecular formula is C14H7F3O5S. The lowest BCUT2D eigenvalue weighted by Gasteiger charge is -2.10. The third-order valence-corrected chi connectivity index (χ3v) is 4.06. The van der Waals surface area contributed by atoms with Gasteiger partial charge in [-0.25, -0.2) is 4.79 Å². The van der Waals surface area contributed by atoms with Gasteiger partial charge in [-0.05, 0) is 24.3 Å². The molecule has 0 spiro atoms. The highest BCUT2D eigenvalue weighted by molar-refractivity contribution is 7.88. The van der Waals surface area contributed by atoms with Gasteiger partial charge in [-0.15, -0.1) is 0 Å². The molecule has 5 nitrogen and oxygen atoms in total. The number of halogens is 3. The van der Waals surface area contributed by atoms with Crippen molar-refractivity contribution in [3.05, 3.63) is 52.9 Å². The van der Waals surface area contributed by atoms with Crippen LogP contribution in [-0.2, 0) is 10.1 Å². The quantitative estimate of drug-likeness (QED) is 0.309. The molecule has 2 aromatic carbocycles. The van der Waals surface area contributed by atoms with E-state index in [4.69, 9.17) is 4.42 Å². The van der Waals surface area contributed by atoms with Gasteiger partial charge in [0.2, 0.25) is 0 Å². The average Bonchev–Trinajstić information content (AvgIpc) is 2.47. The molecule has 0 radical (unpaired) electrons. The number of rotatable bonds is 2. The lowest BCUT2D eigenvalue weighted by molar-refractivity contribution is -0.0500. The fourth-order valence-electron chi connectivity index (χ4n) is 2.09. The number of hydrogen-bond acceptors (Lipinski definition) is 5. The summed E-state index contributed by atoms with van der Waals surface area (Å²) >= 11 is 0. The molecule has 0 aliphatic rings. The van der Waals surface area contributed by atoms with Gasteiger partial charge in [0.1, 0.15) is 11.3 Å². The van der Waals surface area contributed by atoms with Crippen molar-refractivity contribution in [3.63, 3.8) is 0 Å². The molecule has 23 heavy (non-hydrogen) atoms. The normalized spacial score (nSPS) is 12.7. The van der Waals surface area contributed by atoms with E-state index in [1.807, 2.05) is 0 Å². The Labute approximate surface area is 127 Å². The summed E-state index contributed by atoms with van der Waals surface area (Å²) in [7, 11) is -5.77. The first-order chi connectivity index (χ1) is 10.7. The summed E-state index contributed by atoms with van der Waals surface area (Å²) < 4.78 is 68.3. The lowest BCUT2D eigenvalue weighted by atomic mass is 10.1. The van der Waals surface area contributed by atoms with Crippen LogP contribution in [0.1, 0.15) is 0 Å². The summed E-state index contributed by atoms with van der Waals surface area (Å²) in [6.45, 7) is 0. The Morgan fingerprint density at radius 2 is 1.61 bits per heavy atom. The third-order valence-electron chi connectivity index (χ3n) is 3.08. The zero-order valence-electron chi connectivity index (χ0n) is 11.1. The molecule has 0 bridgehead atoms. The van der Waals surface area contributed by atoms with E-state index in [0.29, 0.717) is 5.39 Å². The molecule has 0 unspecified atom stereocenters. The monoisotopic (exact) mass is 344 g/mol. The van der Waals surface area contributed by atoms with Gasteiger partial charge in [-0.2, -0.15) is 21.6 Å². The molecule has 0 N–H and O–H groups in total. The molecule has 0 atom stereocenters. The van der Waals surface area contributed by atoms with E-state index < -0.39 is 27.0 Å². The molecular weight excluding hydrogens is 337 g/mol. The van der Waals surface area contributed by atoms with E-state index >= 15 is 0 Å². The van der Waals surface area contributed by atoms with Crippen LogP contribution in [0.15, 0.2) is 51.7 Å². The third kappa shape index (κ3) is 2.63. The van der Waals surface area contributed by atoms with E-state index in [1.54, 1.807) is 18.2 Å². The second-order valence-electron chi connectivity index (χ2n) is 4.58. The zero-order chi connectivity index (χ0) is 16.8. The second kappa shape index (κ2) is 4.98. The van der Waals surface area contributed by atoms with Crippen LogP contribution in [0.4, 0.5) is 13.2 Å². The minimum Gasteiger partial charge on any atom is -0.422 e. The summed E-state index contributed by atoms with van der Waals surface area (Å²) in [6, 6.07) is 9.50. The Bertz CT molecular complexity index is 1070. The van der Waals surface area contributed by atoms with E-state index in [0.717, 1.165) is 12.1 Å². The summed E-state index contributed by atoms with van der Waals surface area (Å²) in [4.78, 5) is 11.8. The molecule has 3 aromatic rings. The molecule has 0 aliphatic heterocycles. The number of benzene rings is 2. The van der Waals surface area contributed by atoms with E-state index in [9.17, 15) is 26.4 Å². The predicted molar refractivity (Wildman–Crippen MR) is 75.6 cm³/mol. The van der Waals surface area contributed by atoms with Crippen molar-refractivity contribution in [2.75, 3.05) is 0 Å². The first-order valence-electron chi connectivity index (χ1n) is 6.15. The molecule has 0 saturated heterocycles. The molecule has 0 aliphatic carbocycles. The summed E-state index contributed by atoms with van der Waals surface area (Å²) in [5, 5.41) is 0.888. The van der Waals surface area contributed by atoms with Crippen LogP contribution in [0, 0.1) is 0 Å². The van der Waals surface area contributed by atoms with Crippen LogP contribution in [-0.4, -0.2) is 13.9 Å². The Kier molecular flexibility index (Phi) is 3.33. The van der Waals surface area contributed by atoms with Gasteiger partial charge in [0, 0.05) is 10.8 Å². The van der Waals surface area contributed by atoms with E-state index in [-0.39, 0.29) is 16.4 Å². The molecule has 1 heterocycles. The van der Waals surface area contributed by atoms with Gasteiger partial charge >= 0.3 is 21.3 Å². The number of fused-ring (bicyclic) bond motifs is 3. The maximum atomic E-state index is 12.4. The van der Waals surface area contributed by atoms with Crippen molar-refractivity contribution in [1.29, 1.82) is 0 Å². The minimum atomic E-state index is -5.77. The van der Waals surface area contributed by atoms with Gasteiger partial charge in [0.05, 0.1) is 5.39 Å². The number of hydrogen-bond donors (Lipinski definition) is 0.